The molecule has 0 spiro atoms. The van der Waals surface area contributed by atoms with Gasteiger partial charge in [0.1, 0.15) is 11.9 Å². The van der Waals surface area contributed by atoms with Gasteiger partial charge in [0.05, 0.1) is 18.2 Å². The van der Waals surface area contributed by atoms with Crippen LogP contribution in [0.1, 0.15) is 40.5 Å². The number of ether oxygens (including phenoxy) is 1. The Hall–Kier alpha value is -3.97. The molecule has 0 bridgehead atoms. The number of carbonyl (C=O) groups excluding carboxylic acids is 1. The van der Waals surface area contributed by atoms with Gasteiger partial charge >= 0.3 is 0 Å². The van der Waals surface area contributed by atoms with Gasteiger partial charge < -0.3 is 15.0 Å². The highest BCUT2D eigenvalue weighted by atomic mass is 16.5. The Kier molecular flexibility index (Phi) is 5.76. The maximum atomic E-state index is 13.7. The van der Waals surface area contributed by atoms with Crippen LogP contribution in [0.3, 0.4) is 0 Å². The topological polar surface area (TPSA) is 72.3 Å². The molecule has 2 atom stereocenters. The molecule has 1 fully saturated rings. The second-order valence-corrected chi connectivity index (χ2v) is 9.04. The predicted molar refractivity (Wildman–Crippen MR) is 134 cm³/mol. The molecule has 0 saturated carbocycles. The Morgan fingerprint density at radius 1 is 1.03 bits per heavy atom. The van der Waals surface area contributed by atoms with E-state index in [1.165, 1.54) is 0 Å². The third kappa shape index (κ3) is 4.31. The van der Waals surface area contributed by atoms with Crippen LogP contribution in [0.4, 0.5) is 5.69 Å². The van der Waals surface area contributed by atoms with Crippen molar-refractivity contribution in [1.82, 2.24) is 19.7 Å². The Morgan fingerprint density at radius 3 is 2.69 bits per heavy atom. The number of benzene rings is 2. The number of nitrogens with one attached hydrogen (secondary N) is 1. The first-order valence-corrected chi connectivity index (χ1v) is 12.1. The summed E-state index contributed by atoms with van der Waals surface area (Å²) in [4.78, 5) is 20.0. The fourth-order valence-corrected chi connectivity index (χ4v) is 4.95. The first-order valence-electron chi connectivity index (χ1n) is 12.1. The van der Waals surface area contributed by atoms with Crippen LogP contribution in [0.15, 0.2) is 85.3 Å². The number of carbonyl (C=O) groups is 1. The van der Waals surface area contributed by atoms with Gasteiger partial charge in [-0.15, -0.1) is 0 Å². The molecule has 35 heavy (non-hydrogen) atoms. The Balaban J connectivity index is 1.44. The van der Waals surface area contributed by atoms with Crippen LogP contribution >= 0.6 is 0 Å². The average Bonchev–Trinajstić information content (AvgIpc) is 3.57. The van der Waals surface area contributed by atoms with E-state index in [1.54, 1.807) is 6.20 Å². The van der Waals surface area contributed by atoms with Crippen LogP contribution in [0.25, 0.3) is 11.3 Å². The fraction of sp³-hybridized carbons (Fsp3) is 0.250. The van der Waals surface area contributed by atoms with E-state index < -0.39 is 0 Å². The molecule has 7 heteroatoms. The van der Waals surface area contributed by atoms with E-state index in [0.29, 0.717) is 18.7 Å². The van der Waals surface area contributed by atoms with Crippen molar-refractivity contribution >= 4 is 11.6 Å². The van der Waals surface area contributed by atoms with Crippen LogP contribution in [0.2, 0.25) is 0 Å². The van der Waals surface area contributed by atoms with Crippen LogP contribution in [-0.4, -0.2) is 44.8 Å². The number of fused-ring (bicyclic) bond motifs is 1. The molecule has 176 valence electrons. The summed E-state index contributed by atoms with van der Waals surface area (Å²) < 4.78 is 7.87. The van der Waals surface area contributed by atoms with E-state index >= 15 is 0 Å². The van der Waals surface area contributed by atoms with Gasteiger partial charge in [0, 0.05) is 48.6 Å². The Bertz CT molecular complexity index is 1320. The van der Waals surface area contributed by atoms with Gasteiger partial charge in [-0.1, -0.05) is 42.5 Å². The van der Waals surface area contributed by atoms with E-state index in [9.17, 15) is 4.79 Å². The Labute approximate surface area is 204 Å². The molecule has 1 saturated heterocycles. The number of amides is 1. The van der Waals surface area contributed by atoms with Gasteiger partial charge in [0.25, 0.3) is 5.91 Å². The first-order chi connectivity index (χ1) is 17.3. The maximum absolute atomic E-state index is 13.7. The fourth-order valence-electron chi connectivity index (χ4n) is 4.95. The maximum Gasteiger partial charge on any atom is 0.257 e. The molecule has 0 unspecified atom stereocenters. The van der Waals surface area contributed by atoms with Crippen LogP contribution < -0.4 is 5.32 Å². The molecule has 2 aromatic heterocycles. The second-order valence-electron chi connectivity index (χ2n) is 9.04. The molecule has 2 aliphatic heterocycles. The van der Waals surface area contributed by atoms with Crippen molar-refractivity contribution in [3.8, 4) is 11.3 Å². The van der Waals surface area contributed by atoms with Gasteiger partial charge in [-0.2, -0.15) is 5.10 Å². The molecular formula is C28H27N5O2. The smallest absolute Gasteiger partial charge is 0.257 e. The number of para-hydroxylation sites is 1. The van der Waals surface area contributed by atoms with Crippen molar-refractivity contribution < 1.29 is 9.53 Å². The van der Waals surface area contributed by atoms with Crippen molar-refractivity contribution in [1.29, 1.82) is 0 Å². The molecule has 0 aliphatic carbocycles. The number of aromatic nitrogens is 3. The standard InChI is InChI=1S/C28H27N5O2/c34-28-23-12-4-5-13-25(23)30-27(33(28)18-22-11-7-15-35-22)24-19-32(17-20-8-2-1-3-9-20)31-26(24)21-10-6-14-29-16-21/h1-6,8-10,12-14,16,19,22,27,30H,7,11,15,17-18H2/t22-,27+/m1/s1. The first kappa shape index (κ1) is 21.6. The number of hydrogen-bond acceptors (Lipinski definition) is 5. The van der Waals surface area contributed by atoms with Crippen molar-refractivity contribution in [3.05, 3.63) is 102 Å². The quantitative estimate of drug-likeness (QED) is 0.445. The van der Waals surface area contributed by atoms with Crippen LogP contribution in [-0.2, 0) is 11.3 Å². The molecule has 4 heterocycles. The molecule has 2 aliphatic rings. The minimum atomic E-state index is -0.374. The number of nitrogens with zero attached hydrogens (tertiary/aromatic N) is 4. The van der Waals surface area contributed by atoms with E-state index in [4.69, 9.17) is 9.84 Å². The summed E-state index contributed by atoms with van der Waals surface area (Å²) in [5, 5.41) is 8.60. The summed E-state index contributed by atoms with van der Waals surface area (Å²) in [5.74, 6) is 0.00722. The third-order valence-corrected chi connectivity index (χ3v) is 6.65. The average molecular weight is 466 g/mol. The van der Waals surface area contributed by atoms with Crippen molar-refractivity contribution in [2.45, 2.75) is 31.7 Å². The number of rotatable bonds is 6. The summed E-state index contributed by atoms with van der Waals surface area (Å²) in [6.07, 6.45) is 7.28. The van der Waals surface area contributed by atoms with E-state index in [-0.39, 0.29) is 18.2 Å². The van der Waals surface area contributed by atoms with Gasteiger partial charge in [-0.05, 0) is 42.7 Å². The summed E-state index contributed by atoms with van der Waals surface area (Å²) in [6, 6.07) is 21.9. The molecule has 6 rings (SSSR count). The molecule has 1 N–H and O–H groups in total. The van der Waals surface area contributed by atoms with Crippen molar-refractivity contribution in [3.63, 3.8) is 0 Å². The van der Waals surface area contributed by atoms with Gasteiger partial charge in [0.15, 0.2) is 0 Å². The largest absolute Gasteiger partial charge is 0.376 e. The number of hydrogen-bond donors (Lipinski definition) is 1. The summed E-state index contributed by atoms with van der Waals surface area (Å²) in [6.45, 7) is 1.91. The molecule has 7 nitrogen and oxygen atoms in total. The second kappa shape index (κ2) is 9.35. The summed E-state index contributed by atoms with van der Waals surface area (Å²) in [7, 11) is 0. The van der Waals surface area contributed by atoms with Crippen LogP contribution in [0.5, 0.6) is 0 Å². The molecule has 4 aromatic rings. The zero-order chi connectivity index (χ0) is 23.6. The lowest BCUT2D eigenvalue weighted by Crippen LogP contribution is -2.46. The summed E-state index contributed by atoms with van der Waals surface area (Å²) in [5.41, 5.74) is 5.35. The Morgan fingerprint density at radius 2 is 1.89 bits per heavy atom. The summed E-state index contributed by atoms with van der Waals surface area (Å²) >= 11 is 0. The van der Waals surface area contributed by atoms with Crippen LogP contribution in [0, 0.1) is 0 Å². The zero-order valence-corrected chi connectivity index (χ0v) is 19.4. The zero-order valence-electron chi connectivity index (χ0n) is 19.4. The lowest BCUT2D eigenvalue weighted by Gasteiger charge is -2.39. The lowest BCUT2D eigenvalue weighted by molar-refractivity contribution is 0.0427. The number of pyridine rings is 1. The van der Waals surface area contributed by atoms with Gasteiger partial charge in [-0.25, -0.2) is 0 Å². The van der Waals surface area contributed by atoms with E-state index in [1.807, 2.05) is 70.4 Å². The number of anilines is 1. The normalized spacial score (nSPS) is 19.4. The SMILES string of the molecule is O=C1c2ccccc2N[C@H](c2cn(Cc3ccccc3)nc2-c2cccnc2)N1C[C@H]1CCCO1. The highest BCUT2D eigenvalue weighted by Crippen LogP contribution is 2.37. The van der Waals surface area contributed by atoms with E-state index in [2.05, 4.69) is 28.6 Å². The van der Waals surface area contributed by atoms with E-state index in [0.717, 1.165) is 47.5 Å². The third-order valence-electron chi connectivity index (χ3n) is 6.65. The molecule has 1 amide bonds. The minimum Gasteiger partial charge on any atom is -0.376 e. The minimum absolute atomic E-state index is 0.00722. The van der Waals surface area contributed by atoms with Gasteiger partial charge in [0.2, 0.25) is 0 Å². The lowest BCUT2D eigenvalue weighted by atomic mass is 10.0. The highest BCUT2D eigenvalue weighted by Gasteiger charge is 2.37. The van der Waals surface area contributed by atoms with Crippen molar-refractivity contribution in [2.75, 3.05) is 18.5 Å². The highest BCUT2D eigenvalue weighted by molar-refractivity contribution is 6.01. The van der Waals surface area contributed by atoms with Gasteiger partial charge in [-0.3, -0.25) is 14.5 Å². The predicted octanol–water partition coefficient (Wildman–Crippen LogP) is 4.74. The molecular weight excluding hydrogens is 438 g/mol. The monoisotopic (exact) mass is 465 g/mol. The van der Waals surface area contributed by atoms with Crippen molar-refractivity contribution in [2.24, 2.45) is 0 Å². The molecule has 2 aromatic carbocycles. The molecule has 0 radical (unpaired) electrons.